The van der Waals surface area contributed by atoms with Crippen molar-refractivity contribution in [2.75, 3.05) is 25.0 Å². The molecule has 0 fully saturated rings. The molecule has 5 nitrogen and oxygen atoms in total. The Balaban J connectivity index is 0.00000169. The zero-order valence-corrected chi connectivity index (χ0v) is 17.0. The van der Waals surface area contributed by atoms with E-state index in [9.17, 15) is 0 Å². The summed E-state index contributed by atoms with van der Waals surface area (Å²) >= 11 is 0. The lowest BCUT2D eigenvalue weighted by Gasteiger charge is -2.15. The fourth-order valence-corrected chi connectivity index (χ4v) is 2.99. The normalized spacial score (nSPS) is 13.0. The lowest BCUT2D eigenvalue weighted by Crippen LogP contribution is -2.16. The number of hydrogen-bond donors (Lipinski definition) is 2. The third-order valence-corrected chi connectivity index (χ3v) is 4.37. The molecule has 0 unspecified atom stereocenters. The molecule has 0 saturated carbocycles. The van der Waals surface area contributed by atoms with E-state index in [-0.39, 0.29) is 24.8 Å². The largest absolute Gasteiger partial charge is 0.374 e. The van der Waals surface area contributed by atoms with E-state index >= 15 is 0 Å². The van der Waals surface area contributed by atoms with Crippen LogP contribution < -0.4 is 10.6 Å². The van der Waals surface area contributed by atoms with Gasteiger partial charge in [-0.3, -0.25) is 0 Å². The number of fused-ring (bicyclic) bond motifs is 1. The maximum absolute atomic E-state index is 5.51. The zero-order chi connectivity index (χ0) is 16.8. The highest BCUT2D eigenvalue weighted by Crippen LogP contribution is 2.21. The number of hydrogen-bond acceptors (Lipinski definition) is 5. The van der Waals surface area contributed by atoms with Crippen molar-refractivity contribution in [3.05, 3.63) is 52.5 Å². The van der Waals surface area contributed by atoms with E-state index in [1.807, 2.05) is 6.92 Å². The van der Waals surface area contributed by atoms with E-state index in [4.69, 9.17) is 14.7 Å². The van der Waals surface area contributed by atoms with Gasteiger partial charge in [-0.1, -0.05) is 24.3 Å². The smallest absolute Gasteiger partial charge is 0.156 e. The summed E-state index contributed by atoms with van der Waals surface area (Å²) in [7, 11) is 0. The Kier molecular flexibility index (Phi) is 9.88. The summed E-state index contributed by atoms with van der Waals surface area (Å²) in [5.74, 6) is 1.73. The van der Waals surface area contributed by atoms with E-state index in [0.29, 0.717) is 13.2 Å². The second-order valence-electron chi connectivity index (χ2n) is 6.08. The summed E-state index contributed by atoms with van der Waals surface area (Å²) < 4.78 is 5.51. The maximum atomic E-state index is 5.51. The number of aryl methyl sites for hydroxylation is 1. The number of ether oxygens (including phenoxy) is 1. The maximum Gasteiger partial charge on any atom is 0.156 e. The average molecular weight is 399 g/mol. The van der Waals surface area contributed by atoms with Gasteiger partial charge in [0.25, 0.3) is 0 Å². The van der Waals surface area contributed by atoms with Crippen LogP contribution in [0.1, 0.15) is 35.1 Å². The second-order valence-corrected chi connectivity index (χ2v) is 6.08. The molecule has 0 amide bonds. The van der Waals surface area contributed by atoms with Crippen molar-refractivity contribution in [1.29, 1.82) is 0 Å². The molecule has 7 heteroatoms. The molecular formula is C19H28Cl2N4O. The van der Waals surface area contributed by atoms with Crippen molar-refractivity contribution in [3.8, 4) is 0 Å². The van der Waals surface area contributed by atoms with Gasteiger partial charge >= 0.3 is 0 Å². The number of rotatable bonds is 6. The highest BCUT2D eigenvalue weighted by Gasteiger charge is 2.16. The minimum atomic E-state index is 0. The van der Waals surface area contributed by atoms with Crippen LogP contribution in [0.5, 0.6) is 0 Å². The Hall–Kier alpha value is -1.40. The molecule has 0 atom stereocenters. The van der Waals surface area contributed by atoms with Crippen LogP contribution in [-0.4, -0.2) is 29.7 Å². The molecule has 2 aromatic rings. The monoisotopic (exact) mass is 398 g/mol. The highest BCUT2D eigenvalue weighted by molar-refractivity contribution is 5.85. The summed E-state index contributed by atoms with van der Waals surface area (Å²) in [6.07, 6.45) is 1.90. The third-order valence-electron chi connectivity index (χ3n) is 4.37. The molecular weight excluding hydrogens is 371 g/mol. The third kappa shape index (κ3) is 5.81. The minimum Gasteiger partial charge on any atom is -0.374 e. The van der Waals surface area contributed by atoms with Crippen molar-refractivity contribution in [2.45, 2.75) is 39.8 Å². The minimum absolute atomic E-state index is 0. The first kappa shape index (κ1) is 22.6. The van der Waals surface area contributed by atoms with Crippen LogP contribution in [0.4, 0.5) is 5.82 Å². The molecule has 0 aliphatic carbocycles. The summed E-state index contributed by atoms with van der Waals surface area (Å²) in [5, 5.41) is 6.98. The molecule has 2 N–H and O–H groups in total. The van der Waals surface area contributed by atoms with E-state index in [0.717, 1.165) is 49.8 Å². The Labute approximate surface area is 168 Å². The summed E-state index contributed by atoms with van der Waals surface area (Å²) in [6, 6.07) is 8.45. The topological polar surface area (TPSA) is 59.1 Å². The Morgan fingerprint density at radius 3 is 2.65 bits per heavy atom. The SMILES string of the molecule is CCOCc1nc2c(c(NCc3ccccc3C)n1)CCNCC2.Cl.Cl. The molecule has 1 aliphatic rings. The summed E-state index contributed by atoms with van der Waals surface area (Å²) in [4.78, 5) is 9.46. The Morgan fingerprint density at radius 1 is 1.12 bits per heavy atom. The number of aromatic nitrogens is 2. The lowest BCUT2D eigenvalue weighted by atomic mass is 10.1. The Morgan fingerprint density at radius 2 is 1.88 bits per heavy atom. The van der Waals surface area contributed by atoms with Crippen LogP contribution in [0, 0.1) is 6.92 Å². The van der Waals surface area contributed by atoms with E-state index in [2.05, 4.69) is 41.8 Å². The molecule has 1 aromatic heterocycles. The van der Waals surface area contributed by atoms with Crippen molar-refractivity contribution in [1.82, 2.24) is 15.3 Å². The molecule has 144 valence electrons. The van der Waals surface area contributed by atoms with Gasteiger partial charge < -0.3 is 15.4 Å². The number of anilines is 1. The van der Waals surface area contributed by atoms with Crippen LogP contribution in [0.3, 0.4) is 0 Å². The van der Waals surface area contributed by atoms with Gasteiger partial charge in [0.05, 0.1) is 5.69 Å². The standard InChI is InChI=1S/C19H26N4O.2ClH/c1-3-24-13-18-22-17-9-11-20-10-8-16(17)19(23-18)21-12-15-7-5-4-6-14(15)2;;/h4-7,20H,3,8-13H2,1-2H3,(H,21,22,23);2*1H. The van der Waals surface area contributed by atoms with Gasteiger partial charge in [0.15, 0.2) is 5.82 Å². The predicted molar refractivity (Wildman–Crippen MR) is 111 cm³/mol. The molecule has 0 saturated heterocycles. The highest BCUT2D eigenvalue weighted by atomic mass is 35.5. The first-order valence-corrected chi connectivity index (χ1v) is 8.73. The van der Waals surface area contributed by atoms with Crippen LogP contribution in [0.25, 0.3) is 0 Å². The summed E-state index contributed by atoms with van der Waals surface area (Å²) in [5.41, 5.74) is 4.98. The van der Waals surface area contributed by atoms with Crippen LogP contribution in [0.2, 0.25) is 0 Å². The van der Waals surface area contributed by atoms with Crippen molar-refractivity contribution in [2.24, 2.45) is 0 Å². The number of halogens is 2. The fourth-order valence-electron chi connectivity index (χ4n) is 2.99. The summed E-state index contributed by atoms with van der Waals surface area (Å²) in [6.45, 7) is 7.99. The van der Waals surface area contributed by atoms with Crippen molar-refractivity contribution < 1.29 is 4.74 Å². The molecule has 0 spiro atoms. The molecule has 3 rings (SSSR count). The van der Waals surface area contributed by atoms with Gasteiger partial charge in [-0.15, -0.1) is 24.8 Å². The second kappa shape index (κ2) is 11.3. The van der Waals surface area contributed by atoms with Crippen LogP contribution >= 0.6 is 24.8 Å². The van der Waals surface area contributed by atoms with Crippen LogP contribution in [0.15, 0.2) is 24.3 Å². The first-order chi connectivity index (χ1) is 11.8. The molecule has 0 bridgehead atoms. The Bertz CT molecular complexity index is 697. The van der Waals surface area contributed by atoms with E-state index in [1.165, 1.54) is 16.7 Å². The zero-order valence-electron chi connectivity index (χ0n) is 15.4. The molecule has 1 aromatic carbocycles. The van der Waals surface area contributed by atoms with Crippen molar-refractivity contribution >= 4 is 30.6 Å². The van der Waals surface area contributed by atoms with Crippen LogP contribution in [-0.2, 0) is 30.7 Å². The molecule has 26 heavy (non-hydrogen) atoms. The van der Waals surface area contributed by atoms with Crippen molar-refractivity contribution in [3.63, 3.8) is 0 Å². The van der Waals surface area contributed by atoms with Gasteiger partial charge in [-0.2, -0.15) is 0 Å². The van der Waals surface area contributed by atoms with Gasteiger partial charge in [0.1, 0.15) is 12.4 Å². The number of nitrogens with one attached hydrogen (secondary N) is 2. The predicted octanol–water partition coefficient (Wildman–Crippen LogP) is 3.47. The van der Waals surface area contributed by atoms with Gasteiger partial charge in [0.2, 0.25) is 0 Å². The average Bonchev–Trinajstić information content (AvgIpc) is 2.84. The molecule has 0 radical (unpaired) electrons. The quantitative estimate of drug-likeness (QED) is 0.779. The van der Waals surface area contributed by atoms with Gasteiger partial charge in [-0.05, 0) is 37.9 Å². The van der Waals surface area contributed by atoms with E-state index < -0.39 is 0 Å². The number of benzene rings is 1. The van der Waals surface area contributed by atoms with Gasteiger partial charge in [-0.25, -0.2) is 9.97 Å². The number of nitrogens with zero attached hydrogens (tertiary/aromatic N) is 2. The molecule has 2 heterocycles. The fraction of sp³-hybridized carbons (Fsp3) is 0.474. The first-order valence-electron chi connectivity index (χ1n) is 8.73. The van der Waals surface area contributed by atoms with E-state index in [1.54, 1.807) is 0 Å². The lowest BCUT2D eigenvalue weighted by molar-refractivity contribution is 0.128. The molecule has 1 aliphatic heterocycles. The van der Waals surface area contributed by atoms with Gasteiger partial charge in [0, 0.05) is 31.7 Å².